The highest BCUT2D eigenvalue weighted by Crippen LogP contribution is 2.21. The van der Waals surface area contributed by atoms with Crippen molar-refractivity contribution in [3.63, 3.8) is 0 Å². The maximum Gasteiger partial charge on any atom is 0.274 e. The van der Waals surface area contributed by atoms with Crippen LogP contribution in [0.3, 0.4) is 0 Å². The van der Waals surface area contributed by atoms with E-state index in [9.17, 15) is 4.79 Å². The van der Waals surface area contributed by atoms with Crippen molar-refractivity contribution in [2.75, 3.05) is 20.2 Å². The van der Waals surface area contributed by atoms with E-state index in [1.807, 2.05) is 11.8 Å². The molecule has 0 spiro atoms. The van der Waals surface area contributed by atoms with Gasteiger partial charge in [-0.1, -0.05) is 0 Å². The number of rotatable bonds is 3. The molecule has 3 N–H and O–H groups in total. The molecule has 0 bridgehead atoms. The third-order valence-corrected chi connectivity index (χ3v) is 3.46. The van der Waals surface area contributed by atoms with Gasteiger partial charge in [0.05, 0.1) is 6.10 Å². The van der Waals surface area contributed by atoms with Gasteiger partial charge >= 0.3 is 0 Å². The molecule has 1 aromatic heterocycles. The van der Waals surface area contributed by atoms with Crippen LogP contribution < -0.4 is 5.73 Å². The first-order valence-corrected chi connectivity index (χ1v) is 6.21. The normalized spacial score (nSPS) is 23.0. The number of ether oxygens (including phenoxy) is 1. The Morgan fingerprint density at radius 1 is 1.68 bits per heavy atom. The summed E-state index contributed by atoms with van der Waals surface area (Å²) >= 11 is 0. The zero-order chi connectivity index (χ0) is 13.1. The molecule has 1 aliphatic heterocycles. The summed E-state index contributed by atoms with van der Waals surface area (Å²) in [6.07, 6.45) is 1.84. The van der Waals surface area contributed by atoms with Crippen molar-refractivity contribution >= 4 is 18.3 Å². The second-order valence-electron chi connectivity index (χ2n) is 4.71. The molecule has 2 heterocycles. The van der Waals surface area contributed by atoms with E-state index < -0.39 is 0 Å². The number of hydrogen-bond donors (Lipinski definition) is 2. The molecule has 1 amide bonds. The largest absolute Gasteiger partial charge is 0.381 e. The van der Waals surface area contributed by atoms with Crippen LogP contribution in [0.5, 0.6) is 0 Å². The van der Waals surface area contributed by atoms with Crippen molar-refractivity contribution < 1.29 is 9.53 Å². The minimum absolute atomic E-state index is 0. The van der Waals surface area contributed by atoms with Crippen LogP contribution in [0.1, 0.15) is 29.0 Å². The Labute approximate surface area is 119 Å². The molecular weight excluding hydrogens is 268 g/mol. The molecule has 1 saturated heterocycles. The Balaban J connectivity index is 0.00000180. The molecule has 1 aliphatic rings. The maximum absolute atomic E-state index is 12.3. The molecule has 0 aliphatic carbocycles. The Morgan fingerprint density at radius 3 is 2.95 bits per heavy atom. The molecule has 7 heteroatoms. The Bertz CT molecular complexity index is 424. The van der Waals surface area contributed by atoms with Crippen molar-refractivity contribution in [1.82, 2.24) is 15.1 Å². The molecule has 2 unspecified atom stereocenters. The number of carbonyl (C=O) groups is 1. The average Bonchev–Trinajstić information content (AvgIpc) is 2.83. The number of nitrogens with one attached hydrogen (secondary N) is 1. The van der Waals surface area contributed by atoms with Crippen LogP contribution in [0, 0.1) is 6.92 Å². The van der Waals surface area contributed by atoms with E-state index in [0.717, 1.165) is 18.5 Å². The van der Waals surface area contributed by atoms with Gasteiger partial charge in [-0.15, -0.1) is 12.4 Å². The number of methoxy groups -OCH3 is 1. The molecule has 1 aromatic rings. The van der Waals surface area contributed by atoms with Gasteiger partial charge in [-0.25, -0.2) is 0 Å². The topological polar surface area (TPSA) is 84.2 Å². The number of halogens is 1. The monoisotopic (exact) mass is 288 g/mol. The lowest BCUT2D eigenvalue weighted by Gasteiger charge is -2.38. The van der Waals surface area contributed by atoms with E-state index >= 15 is 0 Å². The summed E-state index contributed by atoms with van der Waals surface area (Å²) in [5, 5.41) is 6.80. The van der Waals surface area contributed by atoms with Crippen molar-refractivity contribution in [2.45, 2.75) is 31.9 Å². The van der Waals surface area contributed by atoms with Crippen molar-refractivity contribution in [2.24, 2.45) is 5.73 Å². The summed E-state index contributed by atoms with van der Waals surface area (Å²) < 4.78 is 5.35. The lowest BCUT2D eigenvalue weighted by molar-refractivity contribution is 0.0136. The van der Waals surface area contributed by atoms with E-state index in [-0.39, 0.29) is 30.5 Å². The Hall–Kier alpha value is -1.11. The molecule has 2 rings (SSSR count). The predicted octanol–water partition coefficient (Wildman–Crippen LogP) is 0.718. The highest BCUT2D eigenvalue weighted by atomic mass is 35.5. The van der Waals surface area contributed by atoms with Gasteiger partial charge in [0.25, 0.3) is 5.91 Å². The number of nitrogens with zero attached hydrogens (tertiary/aromatic N) is 2. The zero-order valence-corrected chi connectivity index (χ0v) is 12.1. The minimum atomic E-state index is -0.0515. The summed E-state index contributed by atoms with van der Waals surface area (Å²) in [6, 6.07) is 1.80. The number of H-pyrrole nitrogens is 1. The fraction of sp³-hybridized carbons (Fsp3) is 0.667. The SMILES string of the molecule is COC1CCN(C(=O)c2cc(C)[nH]n2)C(CN)C1.Cl. The van der Waals surface area contributed by atoms with Gasteiger partial charge in [0, 0.05) is 31.9 Å². The predicted molar refractivity (Wildman–Crippen MR) is 74.5 cm³/mol. The van der Waals surface area contributed by atoms with Gasteiger partial charge in [-0.05, 0) is 25.8 Å². The minimum Gasteiger partial charge on any atom is -0.381 e. The lowest BCUT2D eigenvalue weighted by atomic mass is 9.99. The molecule has 6 nitrogen and oxygen atoms in total. The van der Waals surface area contributed by atoms with E-state index in [2.05, 4.69) is 10.2 Å². The van der Waals surface area contributed by atoms with Crippen LogP contribution in [0.25, 0.3) is 0 Å². The summed E-state index contributed by atoms with van der Waals surface area (Å²) in [4.78, 5) is 14.1. The first-order chi connectivity index (χ1) is 8.65. The number of carbonyl (C=O) groups excluding carboxylic acids is 1. The fourth-order valence-corrected chi connectivity index (χ4v) is 2.39. The van der Waals surface area contributed by atoms with E-state index in [4.69, 9.17) is 10.5 Å². The number of piperidine rings is 1. The third kappa shape index (κ3) is 3.46. The average molecular weight is 289 g/mol. The van der Waals surface area contributed by atoms with E-state index in [1.165, 1.54) is 0 Å². The number of amides is 1. The lowest BCUT2D eigenvalue weighted by Crippen LogP contribution is -2.51. The molecule has 108 valence electrons. The van der Waals surface area contributed by atoms with Crippen LogP contribution in [-0.2, 0) is 4.74 Å². The zero-order valence-electron chi connectivity index (χ0n) is 11.3. The van der Waals surface area contributed by atoms with Crippen LogP contribution in [0.4, 0.5) is 0 Å². The quantitative estimate of drug-likeness (QED) is 0.858. The first-order valence-electron chi connectivity index (χ1n) is 6.21. The van der Waals surface area contributed by atoms with Crippen LogP contribution in [0.2, 0.25) is 0 Å². The van der Waals surface area contributed by atoms with Gasteiger partial charge in [0.15, 0.2) is 0 Å². The van der Waals surface area contributed by atoms with Crippen molar-refractivity contribution in [1.29, 1.82) is 0 Å². The van der Waals surface area contributed by atoms with Crippen LogP contribution in [0.15, 0.2) is 6.07 Å². The second-order valence-corrected chi connectivity index (χ2v) is 4.71. The molecular formula is C12H21ClN4O2. The molecule has 19 heavy (non-hydrogen) atoms. The van der Waals surface area contributed by atoms with Gasteiger partial charge in [-0.2, -0.15) is 5.10 Å². The molecule has 2 atom stereocenters. The number of aromatic amines is 1. The summed E-state index contributed by atoms with van der Waals surface area (Å²) in [6.45, 7) is 3.00. The molecule has 1 fully saturated rings. The number of aryl methyl sites for hydroxylation is 1. The van der Waals surface area contributed by atoms with Crippen LogP contribution >= 0.6 is 12.4 Å². The third-order valence-electron chi connectivity index (χ3n) is 3.46. The number of likely N-dealkylation sites (tertiary alicyclic amines) is 1. The number of nitrogens with two attached hydrogens (primary N) is 1. The van der Waals surface area contributed by atoms with Gasteiger partial charge < -0.3 is 15.4 Å². The van der Waals surface area contributed by atoms with Crippen LogP contribution in [-0.4, -0.2) is 53.3 Å². The number of hydrogen-bond acceptors (Lipinski definition) is 4. The first kappa shape index (κ1) is 15.9. The van der Waals surface area contributed by atoms with Gasteiger partial charge in [-0.3, -0.25) is 9.89 Å². The fourth-order valence-electron chi connectivity index (χ4n) is 2.39. The second kappa shape index (κ2) is 6.88. The van der Waals surface area contributed by atoms with Crippen molar-refractivity contribution in [3.05, 3.63) is 17.5 Å². The molecule has 0 saturated carbocycles. The smallest absolute Gasteiger partial charge is 0.274 e. The highest BCUT2D eigenvalue weighted by molar-refractivity contribution is 5.92. The van der Waals surface area contributed by atoms with E-state index in [0.29, 0.717) is 18.8 Å². The summed E-state index contributed by atoms with van der Waals surface area (Å²) in [7, 11) is 1.70. The molecule has 0 radical (unpaired) electrons. The maximum atomic E-state index is 12.3. The Kier molecular flexibility index (Phi) is 5.78. The van der Waals surface area contributed by atoms with E-state index in [1.54, 1.807) is 13.2 Å². The number of aromatic nitrogens is 2. The van der Waals surface area contributed by atoms with Gasteiger partial charge in [0.2, 0.25) is 0 Å². The Morgan fingerprint density at radius 2 is 2.42 bits per heavy atom. The van der Waals surface area contributed by atoms with Crippen molar-refractivity contribution in [3.8, 4) is 0 Å². The molecule has 0 aromatic carbocycles. The standard InChI is InChI=1S/C12H20N4O2.ClH/c1-8-5-11(15-14-8)12(17)16-4-3-10(18-2)6-9(16)7-13;/h5,9-10H,3-4,6-7,13H2,1-2H3,(H,14,15);1H. The summed E-state index contributed by atoms with van der Waals surface area (Å²) in [5.41, 5.74) is 7.10. The highest BCUT2D eigenvalue weighted by Gasteiger charge is 2.32. The summed E-state index contributed by atoms with van der Waals surface area (Å²) in [5.74, 6) is -0.0515. The van der Waals surface area contributed by atoms with Gasteiger partial charge in [0.1, 0.15) is 5.69 Å².